The molecule has 8 nitrogen and oxygen atoms in total. The SMILES string of the molecule is CCC(C(=O)NC1CCCC1)N(Cc1ccc(F)cc1)C(=O)CCCN1C(=O)c2ccccc2S1(=O)=O. The Bertz CT molecular complexity index is 1260. The highest BCUT2D eigenvalue weighted by Crippen LogP contribution is 2.30. The molecule has 2 aromatic carbocycles. The van der Waals surface area contributed by atoms with Crippen LogP contribution in [-0.2, 0) is 26.2 Å². The van der Waals surface area contributed by atoms with Crippen LogP contribution in [-0.4, -0.2) is 54.0 Å². The maximum Gasteiger partial charge on any atom is 0.269 e. The summed E-state index contributed by atoms with van der Waals surface area (Å²) in [5.41, 5.74) is 0.802. The first kappa shape index (κ1) is 26.8. The Morgan fingerprint density at radius 2 is 1.78 bits per heavy atom. The number of hydrogen-bond acceptors (Lipinski definition) is 5. The zero-order valence-electron chi connectivity index (χ0n) is 20.9. The second kappa shape index (κ2) is 11.4. The lowest BCUT2D eigenvalue weighted by molar-refractivity contribution is -0.141. The standard InChI is InChI=1S/C27H32FN3O5S/c1-2-23(26(33)29-21-8-3-4-9-21)30(18-19-13-15-20(28)16-14-19)25(32)12-7-17-31-27(34)22-10-5-6-11-24(22)37(31,35)36/h5-6,10-11,13-16,21,23H,2-4,7-9,12,17-18H2,1H3,(H,29,33). The van der Waals surface area contributed by atoms with E-state index in [1.54, 1.807) is 24.3 Å². The number of carbonyl (C=O) groups is 3. The van der Waals surface area contributed by atoms with E-state index < -0.39 is 27.8 Å². The molecule has 1 N–H and O–H groups in total. The van der Waals surface area contributed by atoms with Crippen molar-refractivity contribution in [3.05, 3.63) is 65.5 Å². The molecule has 1 fully saturated rings. The summed E-state index contributed by atoms with van der Waals surface area (Å²) in [5.74, 6) is -1.56. The summed E-state index contributed by atoms with van der Waals surface area (Å²) in [6.07, 6.45) is 4.38. The molecule has 0 aromatic heterocycles. The zero-order chi connectivity index (χ0) is 26.6. The Hall–Kier alpha value is -3.27. The normalized spacial score (nSPS) is 17.5. The van der Waals surface area contributed by atoms with Crippen molar-refractivity contribution < 1.29 is 27.2 Å². The van der Waals surface area contributed by atoms with Gasteiger partial charge in [0.05, 0.1) is 5.56 Å². The second-order valence-corrected chi connectivity index (χ2v) is 11.4. The highest BCUT2D eigenvalue weighted by molar-refractivity contribution is 7.90. The van der Waals surface area contributed by atoms with Gasteiger partial charge in [-0.1, -0.05) is 44.0 Å². The number of rotatable bonds is 10. The van der Waals surface area contributed by atoms with E-state index in [0.29, 0.717) is 12.0 Å². The molecule has 37 heavy (non-hydrogen) atoms. The lowest BCUT2D eigenvalue weighted by Gasteiger charge is -2.31. The Balaban J connectivity index is 1.46. The minimum atomic E-state index is -3.96. The van der Waals surface area contributed by atoms with Crippen molar-refractivity contribution in [2.75, 3.05) is 6.54 Å². The number of hydrogen-bond donors (Lipinski definition) is 1. The minimum absolute atomic E-state index is 0.0288. The van der Waals surface area contributed by atoms with E-state index in [-0.39, 0.29) is 54.2 Å². The van der Waals surface area contributed by atoms with Gasteiger partial charge in [0.25, 0.3) is 15.9 Å². The Labute approximate surface area is 216 Å². The van der Waals surface area contributed by atoms with Gasteiger partial charge < -0.3 is 10.2 Å². The van der Waals surface area contributed by atoms with Crippen LogP contribution in [0.4, 0.5) is 4.39 Å². The largest absolute Gasteiger partial charge is 0.352 e. The predicted octanol–water partition coefficient (Wildman–Crippen LogP) is 3.62. The van der Waals surface area contributed by atoms with Crippen LogP contribution in [0, 0.1) is 5.82 Å². The summed E-state index contributed by atoms with van der Waals surface area (Å²) in [6.45, 7) is 1.80. The molecule has 10 heteroatoms. The third-order valence-corrected chi connectivity index (χ3v) is 8.86. The molecule has 3 amide bonds. The van der Waals surface area contributed by atoms with Crippen molar-refractivity contribution in [1.82, 2.24) is 14.5 Å². The summed E-state index contributed by atoms with van der Waals surface area (Å²) < 4.78 is 39.9. The number of nitrogens with one attached hydrogen (secondary N) is 1. The molecule has 1 aliphatic heterocycles. The second-order valence-electron chi connectivity index (χ2n) is 9.54. The van der Waals surface area contributed by atoms with Crippen molar-refractivity contribution in [3.63, 3.8) is 0 Å². The third kappa shape index (κ3) is 5.84. The van der Waals surface area contributed by atoms with Crippen LogP contribution in [0.3, 0.4) is 0 Å². The molecule has 4 rings (SSSR count). The lowest BCUT2D eigenvalue weighted by Crippen LogP contribution is -2.51. The van der Waals surface area contributed by atoms with Gasteiger partial charge in [0.1, 0.15) is 16.8 Å². The zero-order valence-corrected chi connectivity index (χ0v) is 21.7. The van der Waals surface area contributed by atoms with Crippen LogP contribution in [0.5, 0.6) is 0 Å². The number of sulfonamides is 1. The van der Waals surface area contributed by atoms with Gasteiger partial charge >= 0.3 is 0 Å². The number of benzene rings is 2. The van der Waals surface area contributed by atoms with Crippen LogP contribution < -0.4 is 5.32 Å². The summed E-state index contributed by atoms with van der Waals surface area (Å²) in [7, 11) is -3.96. The van der Waals surface area contributed by atoms with Gasteiger partial charge in [0.2, 0.25) is 11.8 Å². The van der Waals surface area contributed by atoms with Crippen LogP contribution >= 0.6 is 0 Å². The van der Waals surface area contributed by atoms with Crippen LogP contribution in [0.15, 0.2) is 53.4 Å². The van der Waals surface area contributed by atoms with E-state index >= 15 is 0 Å². The van der Waals surface area contributed by atoms with Crippen LogP contribution in [0.25, 0.3) is 0 Å². The van der Waals surface area contributed by atoms with E-state index in [4.69, 9.17) is 0 Å². The molecule has 1 heterocycles. The lowest BCUT2D eigenvalue weighted by atomic mass is 10.1. The Morgan fingerprint density at radius 3 is 2.43 bits per heavy atom. The van der Waals surface area contributed by atoms with Gasteiger partial charge in [0.15, 0.2) is 0 Å². The number of halogens is 1. The fourth-order valence-electron chi connectivity index (χ4n) is 5.04. The first-order chi connectivity index (χ1) is 17.7. The Morgan fingerprint density at radius 1 is 1.11 bits per heavy atom. The van der Waals surface area contributed by atoms with E-state index in [0.717, 1.165) is 30.0 Å². The average molecular weight is 530 g/mol. The number of amides is 3. The molecule has 0 radical (unpaired) electrons. The third-order valence-electron chi connectivity index (χ3n) is 7.02. The summed E-state index contributed by atoms with van der Waals surface area (Å²) >= 11 is 0. The topological polar surface area (TPSA) is 104 Å². The van der Waals surface area contributed by atoms with E-state index in [1.807, 2.05) is 6.92 Å². The number of carbonyl (C=O) groups excluding carboxylic acids is 3. The quantitative estimate of drug-likeness (QED) is 0.506. The van der Waals surface area contributed by atoms with Crippen LogP contribution in [0.1, 0.15) is 67.8 Å². The van der Waals surface area contributed by atoms with Crippen molar-refractivity contribution in [1.29, 1.82) is 0 Å². The highest BCUT2D eigenvalue weighted by Gasteiger charge is 2.40. The van der Waals surface area contributed by atoms with E-state index in [1.165, 1.54) is 29.2 Å². The minimum Gasteiger partial charge on any atom is -0.352 e. The van der Waals surface area contributed by atoms with E-state index in [2.05, 4.69) is 5.32 Å². The van der Waals surface area contributed by atoms with Gasteiger partial charge in [-0.25, -0.2) is 17.1 Å². The van der Waals surface area contributed by atoms with Crippen molar-refractivity contribution in [3.8, 4) is 0 Å². The average Bonchev–Trinajstić information content (AvgIpc) is 3.46. The summed E-state index contributed by atoms with van der Waals surface area (Å²) in [6, 6.07) is 11.2. The molecule has 2 aliphatic rings. The van der Waals surface area contributed by atoms with Gasteiger partial charge in [-0.15, -0.1) is 0 Å². The van der Waals surface area contributed by atoms with Gasteiger partial charge in [0, 0.05) is 25.6 Å². The van der Waals surface area contributed by atoms with E-state index in [9.17, 15) is 27.2 Å². The Kier molecular flexibility index (Phi) is 8.26. The highest BCUT2D eigenvalue weighted by atomic mass is 32.2. The predicted molar refractivity (Wildman–Crippen MR) is 135 cm³/mol. The molecular weight excluding hydrogens is 497 g/mol. The first-order valence-electron chi connectivity index (χ1n) is 12.7. The smallest absolute Gasteiger partial charge is 0.269 e. The molecule has 1 unspecified atom stereocenters. The fraction of sp³-hybridized carbons (Fsp3) is 0.444. The molecular formula is C27H32FN3O5S. The maximum absolute atomic E-state index is 13.4. The number of fused-ring (bicyclic) bond motifs is 1. The van der Waals surface area contributed by atoms with Gasteiger partial charge in [-0.05, 0) is 55.5 Å². The number of nitrogens with zero attached hydrogens (tertiary/aromatic N) is 2. The fourth-order valence-corrected chi connectivity index (χ4v) is 6.65. The first-order valence-corrected chi connectivity index (χ1v) is 14.2. The molecule has 0 bridgehead atoms. The molecule has 1 aliphatic carbocycles. The molecule has 0 saturated heterocycles. The molecule has 198 valence electrons. The molecule has 0 spiro atoms. The molecule has 2 aromatic rings. The molecule has 1 saturated carbocycles. The van der Waals surface area contributed by atoms with Gasteiger partial charge in [-0.2, -0.15) is 0 Å². The summed E-state index contributed by atoms with van der Waals surface area (Å²) in [5, 5.41) is 3.06. The van der Waals surface area contributed by atoms with Crippen molar-refractivity contribution in [2.24, 2.45) is 0 Å². The monoisotopic (exact) mass is 529 g/mol. The molecule has 1 atom stereocenters. The summed E-state index contributed by atoms with van der Waals surface area (Å²) in [4.78, 5) is 40.7. The maximum atomic E-state index is 13.4. The van der Waals surface area contributed by atoms with Crippen molar-refractivity contribution in [2.45, 2.75) is 75.4 Å². The van der Waals surface area contributed by atoms with Crippen molar-refractivity contribution >= 4 is 27.7 Å². The van der Waals surface area contributed by atoms with Gasteiger partial charge in [-0.3, -0.25) is 14.4 Å². The van der Waals surface area contributed by atoms with Crippen LogP contribution in [0.2, 0.25) is 0 Å².